The van der Waals surface area contributed by atoms with Crippen LogP contribution in [0.1, 0.15) is 17.5 Å². The lowest BCUT2D eigenvalue weighted by molar-refractivity contribution is -0.137. The minimum absolute atomic E-state index is 0.0804. The first-order valence-electron chi connectivity index (χ1n) is 8.60. The molecule has 0 unspecified atom stereocenters. The van der Waals surface area contributed by atoms with Crippen molar-refractivity contribution >= 4 is 16.8 Å². The molecule has 28 heavy (non-hydrogen) atoms. The van der Waals surface area contributed by atoms with E-state index in [1.165, 1.54) is 27.9 Å². The van der Waals surface area contributed by atoms with Gasteiger partial charge in [-0.25, -0.2) is 4.98 Å². The lowest BCUT2D eigenvalue weighted by Crippen LogP contribution is -2.29. The molecule has 0 aliphatic rings. The van der Waals surface area contributed by atoms with Gasteiger partial charge in [0.2, 0.25) is 5.91 Å². The van der Waals surface area contributed by atoms with Crippen LogP contribution in [-0.2, 0) is 24.1 Å². The standard InChI is InChI=1S/C20H18F3N3O2/c1-25(12-14-6-8-15(9-7-14)20(21,22)23)18(27)10-11-26-13-24-17-5-3-2-4-16(17)19(26)28/h2-9,13H,10-12H2,1H3. The lowest BCUT2D eigenvalue weighted by atomic mass is 10.1. The summed E-state index contributed by atoms with van der Waals surface area (Å²) in [5.41, 5.74) is 0.236. The van der Waals surface area contributed by atoms with Gasteiger partial charge in [-0.3, -0.25) is 14.2 Å². The molecule has 0 spiro atoms. The molecular weight excluding hydrogens is 371 g/mol. The molecule has 1 amide bonds. The van der Waals surface area contributed by atoms with Gasteiger partial charge < -0.3 is 4.90 Å². The van der Waals surface area contributed by atoms with E-state index in [1.54, 1.807) is 31.3 Å². The van der Waals surface area contributed by atoms with Crippen LogP contribution in [0.4, 0.5) is 13.2 Å². The number of fused-ring (bicyclic) bond motifs is 1. The summed E-state index contributed by atoms with van der Waals surface area (Å²) in [6, 6.07) is 11.7. The van der Waals surface area contributed by atoms with Gasteiger partial charge in [-0.1, -0.05) is 24.3 Å². The van der Waals surface area contributed by atoms with Crippen LogP contribution in [0.5, 0.6) is 0 Å². The minimum atomic E-state index is -4.39. The van der Waals surface area contributed by atoms with Crippen LogP contribution in [0.3, 0.4) is 0 Å². The summed E-state index contributed by atoms with van der Waals surface area (Å²) in [6.45, 7) is 0.356. The van der Waals surface area contributed by atoms with E-state index < -0.39 is 11.7 Å². The number of amides is 1. The van der Waals surface area contributed by atoms with Crippen LogP contribution in [0.2, 0.25) is 0 Å². The van der Waals surface area contributed by atoms with E-state index in [1.807, 2.05) is 0 Å². The van der Waals surface area contributed by atoms with Crippen LogP contribution < -0.4 is 5.56 Å². The molecule has 0 aliphatic heterocycles. The van der Waals surface area contributed by atoms with Crippen LogP contribution in [0.15, 0.2) is 59.7 Å². The number of nitrogens with zero attached hydrogens (tertiary/aromatic N) is 3. The second-order valence-corrected chi connectivity index (χ2v) is 6.45. The molecule has 2 aromatic carbocycles. The minimum Gasteiger partial charge on any atom is -0.341 e. The van der Waals surface area contributed by atoms with Crippen LogP contribution in [0, 0.1) is 0 Å². The van der Waals surface area contributed by atoms with Crippen LogP contribution in [0.25, 0.3) is 10.9 Å². The summed E-state index contributed by atoms with van der Waals surface area (Å²) in [5, 5.41) is 0.482. The Morgan fingerprint density at radius 1 is 1.11 bits per heavy atom. The molecule has 0 aliphatic carbocycles. The SMILES string of the molecule is CN(Cc1ccc(C(F)(F)F)cc1)C(=O)CCn1cnc2ccccc2c1=O. The highest BCUT2D eigenvalue weighted by atomic mass is 19.4. The van der Waals surface area contributed by atoms with Crippen LogP contribution >= 0.6 is 0 Å². The molecular formula is C20H18F3N3O2. The van der Waals surface area contributed by atoms with Gasteiger partial charge in [-0.15, -0.1) is 0 Å². The van der Waals surface area contributed by atoms with Gasteiger partial charge in [0.1, 0.15) is 0 Å². The number of hydrogen-bond acceptors (Lipinski definition) is 3. The summed E-state index contributed by atoms with van der Waals surface area (Å²) in [4.78, 5) is 30.4. The third-order valence-electron chi connectivity index (χ3n) is 4.42. The Morgan fingerprint density at radius 3 is 2.46 bits per heavy atom. The predicted molar refractivity (Wildman–Crippen MR) is 98.5 cm³/mol. The Bertz CT molecular complexity index is 1040. The maximum atomic E-state index is 12.6. The first-order chi connectivity index (χ1) is 13.3. The number of benzene rings is 2. The zero-order chi connectivity index (χ0) is 20.3. The molecule has 1 aromatic heterocycles. The van der Waals surface area contributed by atoms with Gasteiger partial charge in [0.25, 0.3) is 5.56 Å². The Morgan fingerprint density at radius 2 is 1.79 bits per heavy atom. The van der Waals surface area contributed by atoms with Crippen molar-refractivity contribution in [1.82, 2.24) is 14.5 Å². The zero-order valence-electron chi connectivity index (χ0n) is 15.1. The number of para-hydroxylation sites is 1. The summed E-state index contributed by atoms with van der Waals surface area (Å²) in [5.74, 6) is -0.222. The second kappa shape index (κ2) is 7.84. The number of alkyl halides is 3. The van der Waals surface area contributed by atoms with E-state index in [0.29, 0.717) is 16.5 Å². The van der Waals surface area contributed by atoms with Crippen molar-refractivity contribution < 1.29 is 18.0 Å². The zero-order valence-corrected chi connectivity index (χ0v) is 15.1. The number of carbonyl (C=O) groups excluding carboxylic acids is 1. The maximum absolute atomic E-state index is 12.6. The molecule has 0 N–H and O–H groups in total. The maximum Gasteiger partial charge on any atom is 0.416 e. The molecule has 0 bridgehead atoms. The second-order valence-electron chi connectivity index (χ2n) is 6.45. The van der Waals surface area contributed by atoms with Crippen molar-refractivity contribution in [2.24, 2.45) is 0 Å². The van der Waals surface area contributed by atoms with E-state index in [0.717, 1.165) is 12.1 Å². The average molecular weight is 389 g/mol. The molecule has 0 radical (unpaired) electrons. The van der Waals surface area contributed by atoms with Crippen molar-refractivity contribution in [2.75, 3.05) is 7.05 Å². The summed E-state index contributed by atoms with van der Waals surface area (Å²) < 4.78 is 39.2. The van der Waals surface area contributed by atoms with Crippen molar-refractivity contribution in [3.8, 4) is 0 Å². The largest absolute Gasteiger partial charge is 0.416 e. The summed E-state index contributed by atoms with van der Waals surface area (Å²) in [6.07, 6.45) is -2.90. The summed E-state index contributed by atoms with van der Waals surface area (Å²) in [7, 11) is 1.57. The van der Waals surface area contributed by atoms with Crippen molar-refractivity contribution in [3.05, 3.63) is 76.3 Å². The summed E-state index contributed by atoms with van der Waals surface area (Å²) >= 11 is 0. The number of carbonyl (C=O) groups is 1. The van der Waals surface area contributed by atoms with Gasteiger partial charge in [-0.05, 0) is 29.8 Å². The van der Waals surface area contributed by atoms with E-state index in [9.17, 15) is 22.8 Å². The number of aryl methyl sites for hydroxylation is 1. The van der Waals surface area contributed by atoms with Crippen molar-refractivity contribution in [1.29, 1.82) is 0 Å². The van der Waals surface area contributed by atoms with Crippen molar-refractivity contribution in [2.45, 2.75) is 25.7 Å². The Labute approximate surface area is 159 Å². The fraction of sp³-hybridized carbons (Fsp3) is 0.250. The van der Waals surface area contributed by atoms with E-state index >= 15 is 0 Å². The molecule has 1 heterocycles. The van der Waals surface area contributed by atoms with Crippen LogP contribution in [-0.4, -0.2) is 27.4 Å². The van der Waals surface area contributed by atoms with Gasteiger partial charge in [-0.2, -0.15) is 13.2 Å². The van der Waals surface area contributed by atoms with Gasteiger partial charge in [0.15, 0.2) is 0 Å². The molecule has 0 atom stereocenters. The van der Waals surface area contributed by atoms with E-state index in [-0.39, 0.29) is 31.0 Å². The Kier molecular flexibility index (Phi) is 5.48. The molecule has 0 fully saturated rings. The van der Waals surface area contributed by atoms with Gasteiger partial charge in [0.05, 0.1) is 22.8 Å². The smallest absolute Gasteiger partial charge is 0.341 e. The third kappa shape index (κ3) is 4.39. The fourth-order valence-corrected chi connectivity index (χ4v) is 2.83. The van der Waals surface area contributed by atoms with Gasteiger partial charge in [0, 0.05) is 26.6 Å². The van der Waals surface area contributed by atoms with Crippen molar-refractivity contribution in [3.63, 3.8) is 0 Å². The predicted octanol–water partition coefficient (Wildman–Crippen LogP) is 3.46. The highest BCUT2D eigenvalue weighted by Gasteiger charge is 2.29. The fourth-order valence-electron chi connectivity index (χ4n) is 2.83. The number of rotatable bonds is 5. The highest BCUT2D eigenvalue weighted by molar-refractivity contribution is 5.77. The molecule has 0 saturated heterocycles. The molecule has 5 nitrogen and oxygen atoms in total. The monoisotopic (exact) mass is 389 g/mol. The number of aromatic nitrogens is 2. The first-order valence-corrected chi connectivity index (χ1v) is 8.60. The Hall–Kier alpha value is -3.16. The quantitative estimate of drug-likeness (QED) is 0.672. The molecule has 146 valence electrons. The Balaban J connectivity index is 1.62. The van der Waals surface area contributed by atoms with E-state index in [2.05, 4.69) is 4.98 Å². The molecule has 8 heteroatoms. The molecule has 3 aromatic rings. The lowest BCUT2D eigenvalue weighted by Gasteiger charge is -2.18. The number of hydrogen-bond donors (Lipinski definition) is 0. The van der Waals surface area contributed by atoms with E-state index in [4.69, 9.17) is 0 Å². The average Bonchev–Trinajstić information content (AvgIpc) is 2.67. The first kappa shape index (κ1) is 19.6. The topological polar surface area (TPSA) is 55.2 Å². The molecule has 0 saturated carbocycles. The number of halogens is 3. The normalized spacial score (nSPS) is 11.6. The third-order valence-corrected chi connectivity index (χ3v) is 4.42. The highest BCUT2D eigenvalue weighted by Crippen LogP contribution is 2.29. The molecule has 3 rings (SSSR count). The van der Waals surface area contributed by atoms with Gasteiger partial charge >= 0.3 is 6.18 Å².